The van der Waals surface area contributed by atoms with Crippen molar-refractivity contribution in [3.8, 4) is 0 Å². The summed E-state index contributed by atoms with van der Waals surface area (Å²) in [5, 5.41) is 0. The molecule has 1 saturated heterocycles. The van der Waals surface area contributed by atoms with Gasteiger partial charge in [-0.15, -0.1) is 0 Å². The van der Waals surface area contributed by atoms with Crippen molar-refractivity contribution in [2.45, 2.75) is 84.1 Å². The van der Waals surface area contributed by atoms with E-state index in [1.807, 2.05) is 0 Å². The minimum absolute atomic E-state index is 0.375. The first-order chi connectivity index (χ1) is 8.25. The molecule has 1 amide bonds. The van der Waals surface area contributed by atoms with E-state index < -0.39 is 0 Å². The summed E-state index contributed by atoms with van der Waals surface area (Å²) < 4.78 is 0. The topological polar surface area (TPSA) is 20.3 Å². The lowest BCUT2D eigenvalue weighted by Gasteiger charge is -2.21. The van der Waals surface area contributed by atoms with E-state index in [0.29, 0.717) is 11.9 Å². The number of unbranched alkanes of at least 4 members (excludes halogenated alkanes) is 7. The molecule has 0 spiro atoms. The quantitative estimate of drug-likeness (QED) is 0.554. The number of nitrogens with zero attached hydrogens (tertiary/aromatic N) is 1. The number of hydrogen-bond donors (Lipinski definition) is 0. The van der Waals surface area contributed by atoms with Gasteiger partial charge in [0.25, 0.3) is 0 Å². The maximum Gasteiger partial charge on any atom is 0.222 e. The fraction of sp³-hybridized carbons (Fsp3) is 0.933. The van der Waals surface area contributed by atoms with E-state index in [-0.39, 0.29) is 0 Å². The Labute approximate surface area is 107 Å². The van der Waals surface area contributed by atoms with Crippen LogP contribution in [-0.2, 0) is 4.79 Å². The highest BCUT2D eigenvalue weighted by Gasteiger charge is 2.26. The van der Waals surface area contributed by atoms with Gasteiger partial charge in [-0.3, -0.25) is 4.79 Å². The maximum absolute atomic E-state index is 11.5. The number of likely N-dealkylation sites (tertiary alicyclic amines) is 1. The summed E-state index contributed by atoms with van der Waals surface area (Å²) in [5.41, 5.74) is 0. The van der Waals surface area contributed by atoms with Crippen LogP contribution in [0.25, 0.3) is 0 Å². The molecule has 17 heavy (non-hydrogen) atoms. The number of carbonyl (C=O) groups is 1. The monoisotopic (exact) mass is 239 g/mol. The molecular weight excluding hydrogens is 210 g/mol. The van der Waals surface area contributed by atoms with Crippen molar-refractivity contribution in [2.24, 2.45) is 0 Å². The van der Waals surface area contributed by atoms with E-state index in [1.165, 1.54) is 51.4 Å². The molecule has 1 aliphatic rings. The van der Waals surface area contributed by atoms with E-state index in [9.17, 15) is 4.79 Å². The number of amides is 1. The lowest BCUT2D eigenvalue weighted by Crippen LogP contribution is -2.31. The molecule has 2 heteroatoms. The minimum Gasteiger partial charge on any atom is -0.340 e. The molecule has 1 unspecified atom stereocenters. The SMILES string of the molecule is CCCCCCCCCCN1C(=O)CCC1C. The maximum atomic E-state index is 11.5. The summed E-state index contributed by atoms with van der Waals surface area (Å²) in [7, 11) is 0. The van der Waals surface area contributed by atoms with Crippen LogP contribution in [0.3, 0.4) is 0 Å². The highest BCUT2D eigenvalue weighted by Crippen LogP contribution is 2.19. The second-order valence-corrected chi connectivity index (χ2v) is 5.45. The molecule has 0 aromatic heterocycles. The number of hydrogen-bond acceptors (Lipinski definition) is 1. The Kier molecular flexibility index (Phi) is 7.30. The summed E-state index contributed by atoms with van der Waals surface area (Å²) >= 11 is 0. The Bertz CT molecular complexity index is 215. The molecule has 1 atom stereocenters. The van der Waals surface area contributed by atoms with Crippen molar-refractivity contribution >= 4 is 5.91 Å². The first-order valence-electron chi connectivity index (χ1n) is 7.55. The first kappa shape index (κ1) is 14.5. The highest BCUT2D eigenvalue weighted by molar-refractivity contribution is 5.78. The van der Waals surface area contributed by atoms with Gasteiger partial charge >= 0.3 is 0 Å². The second-order valence-electron chi connectivity index (χ2n) is 5.45. The van der Waals surface area contributed by atoms with Gasteiger partial charge in [0.1, 0.15) is 0 Å². The summed E-state index contributed by atoms with van der Waals surface area (Å²) in [6.45, 7) is 5.43. The Balaban J connectivity index is 1.92. The summed E-state index contributed by atoms with van der Waals surface area (Å²) in [4.78, 5) is 13.6. The Morgan fingerprint density at radius 2 is 1.65 bits per heavy atom. The third-order valence-electron chi connectivity index (χ3n) is 3.88. The van der Waals surface area contributed by atoms with Crippen LogP contribution in [0, 0.1) is 0 Å². The molecule has 2 nitrogen and oxygen atoms in total. The van der Waals surface area contributed by atoms with E-state index in [0.717, 1.165) is 19.4 Å². The van der Waals surface area contributed by atoms with E-state index in [1.54, 1.807) is 0 Å². The van der Waals surface area contributed by atoms with Gasteiger partial charge in [0.05, 0.1) is 0 Å². The lowest BCUT2D eigenvalue weighted by molar-refractivity contribution is -0.128. The molecule has 1 fully saturated rings. The fourth-order valence-electron chi connectivity index (χ4n) is 2.64. The number of carbonyl (C=O) groups excluding carboxylic acids is 1. The minimum atomic E-state index is 0.375. The third kappa shape index (κ3) is 5.56. The molecule has 0 radical (unpaired) electrons. The van der Waals surface area contributed by atoms with Gasteiger partial charge in [-0.05, 0) is 19.8 Å². The van der Waals surface area contributed by atoms with Crippen LogP contribution in [0.1, 0.15) is 78.1 Å². The standard InChI is InChI=1S/C15H29NO/c1-3-4-5-6-7-8-9-10-13-16-14(2)11-12-15(16)17/h14H,3-13H2,1-2H3. The zero-order chi connectivity index (χ0) is 12.5. The summed E-state index contributed by atoms with van der Waals surface area (Å²) in [6, 6.07) is 0.493. The van der Waals surface area contributed by atoms with Gasteiger partial charge in [-0.25, -0.2) is 0 Å². The van der Waals surface area contributed by atoms with Gasteiger partial charge in [0.2, 0.25) is 5.91 Å². The molecular formula is C15H29NO. The number of rotatable bonds is 9. The highest BCUT2D eigenvalue weighted by atomic mass is 16.2. The van der Waals surface area contributed by atoms with Gasteiger partial charge in [0.15, 0.2) is 0 Å². The van der Waals surface area contributed by atoms with Crippen LogP contribution in [0.2, 0.25) is 0 Å². The van der Waals surface area contributed by atoms with Crippen molar-refractivity contribution in [1.82, 2.24) is 4.90 Å². The van der Waals surface area contributed by atoms with Gasteiger partial charge < -0.3 is 4.90 Å². The predicted molar refractivity (Wildman–Crippen MR) is 73.0 cm³/mol. The molecule has 1 heterocycles. The molecule has 1 rings (SSSR count). The average molecular weight is 239 g/mol. The second kappa shape index (κ2) is 8.54. The Morgan fingerprint density at radius 3 is 2.18 bits per heavy atom. The molecule has 0 N–H and O–H groups in total. The van der Waals surface area contributed by atoms with E-state index in [2.05, 4.69) is 18.7 Å². The first-order valence-corrected chi connectivity index (χ1v) is 7.55. The van der Waals surface area contributed by atoms with Crippen LogP contribution in [0.4, 0.5) is 0 Å². The normalized spacial score (nSPS) is 20.2. The van der Waals surface area contributed by atoms with Crippen molar-refractivity contribution in [3.63, 3.8) is 0 Å². The Morgan fingerprint density at radius 1 is 1.06 bits per heavy atom. The van der Waals surface area contributed by atoms with Crippen LogP contribution >= 0.6 is 0 Å². The predicted octanol–water partition coefficient (Wildman–Crippen LogP) is 4.14. The van der Waals surface area contributed by atoms with Crippen LogP contribution in [-0.4, -0.2) is 23.4 Å². The molecule has 0 aliphatic carbocycles. The fourth-order valence-corrected chi connectivity index (χ4v) is 2.64. The average Bonchev–Trinajstić information content (AvgIpc) is 2.63. The van der Waals surface area contributed by atoms with Gasteiger partial charge in [-0.1, -0.05) is 51.9 Å². The van der Waals surface area contributed by atoms with Crippen LogP contribution < -0.4 is 0 Å². The largest absolute Gasteiger partial charge is 0.340 e. The van der Waals surface area contributed by atoms with Crippen molar-refractivity contribution in [2.75, 3.05) is 6.54 Å². The molecule has 0 bridgehead atoms. The summed E-state index contributed by atoms with van der Waals surface area (Å²) in [6.07, 6.45) is 12.6. The van der Waals surface area contributed by atoms with Crippen molar-refractivity contribution < 1.29 is 4.79 Å². The van der Waals surface area contributed by atoms with Crippen LogP contribution in [0.15, 0.2) is 0 Å². The lowest BCUT2D eigenvalue weighted by atomic mass is 10.1. The van der Waals surface area contributed by atoms with Gasteiger partial charge in [-0.2, -0.15) is 0 Å². The molecule has 1 aliphatic heterocycles. The zero-order valence-electron chi connectivity index (χ0n) is 11.7. The van der Waals surface area contributed by atoms with Crippen molar-refractivity contribution in [3.05, 3.63) is 0 Å². The Hall–Kier alpha value is -0.530. The smallest absolute Gasteiger partial charge is 0.222 e. The zero-order valence-corrected chi connectivity index (χ0v) is 11.7. The van der Waals surface area contributed by atoms with Gasteiger partial charge in [0, 0.05) is 19.0 Å². The molecule has 0 saturated carbocycles. The van der Waals surface area contributed by atoms with E-state index >= 15 is 0 Å². The van der Waals surface area contributed by atoms with Crippen LogP contribution in [0.5, 0.6) is 0 Å². The summed E-state index contributed by atoms with van der Waals surface area (Å²) in [5.74, 6) is 0.375. The molecule has 100 valence electrons. The van der Waals surface area contributed by atoms with E-state index in [4.69, 9.17) is 0 Å². The molecule has 0 aromatic rings. The third-order valence-corrected chi connectivity index (χ3v) is 3.88. The van der Waals surface area contributed by atoms with Crippen molar-refractivity contribution in [1.29, 1.82) is 0 Å². The molecule has 0 aromatic carbocycles.